The zero-order chi connectivity index (χ0) is 31.8. The van der Waals surface area contributed by atoms with Gasteiger partial charge in [-0.3, -0.25) is 9.59 Å². The van der Waals surface area contributed by atoms with Crippen molar-refractivity contribution in [2.45, 2.75) is 0 Å². The van der Waals surface area contributed by atoms with Gasteiger partial charge in [0.05, 0.1) is 49.8 Å². The highest BCUT2D eigenvalue weighted by molar-refractivity contribution is 6.24. The molecule has 3 aromatic rings. The van der Waals surface area contributed by atoms with Crippen LogP contribution in [0.15, 0.2) is 48.5 Å². The summed E-state index contributed by atoms with van der Waals surface area (Å²) < 4.78 is 38.0. The van der Waals surface area contributed by atoms with E-state index in [0.717, 1.165) is 5.56 Å². The van der Waals surface area contributed by atoms with Crippen LogP contribution in [-0.4, -0.2) is 97.6 Å². The standard InChI is InChI=1S/C33H38N2O9/c1-38-25-10-8-21(17-27(25)40-3)16-24(22-9-11-26(39-2)28(18-22)41-4)33(37)35-14-12-34(13-15-35)32(36)23-19-29(42-5)31(44-7)30(20-23)43-6/h8-11,16-20H,12-15H2,1-7H3/b24-16-. The van der Waals surface area contributed by atoms with Gasteiger partial charge in [0, 0.05) is 37.3 Å². The number of benzene rings is 3. The van der Waals surface area contributed by atoms with Crippen LogP contribution in [0.3, 0.4) is 0 Å². The van der Waals surface area contributed by atoms with Crippen LogP contribution in [-0.2, 0) is 4.79 Å². The van der Waals surface area contributed by atoms with E-state index in [4.69, 9.17) is 33.2 Å². The van der Waals surface area contributed by atoms with Gasteiger partial charge in [0.25, 0.3) is 11.8 Å². The molecule has 3 aromatic carbocycles. The van der Waals surface area contributed by atoms with E-state index in [0.29, 0.717) is 83.1 Å². The molecule has 1 fully saturated rings. The maximum absolute atomic E-state index is 14.1. The molecule has 11 heteroatoms. The molecule has 0 aliphatic carbocycles. The highest BCUT2D eigenvalue weighted by atomic mass is 16.5. The fourth-order valence-corrected chi connectivity index (χ4v) is 5.05. The summed E-state index contributed by atoms with van der Waals surface area (Å²) in [6.45, 7) is 1.37. The van der Waals surface area contributed by atoms with E-state index in [1.54, 1.807) is 80.7 Å². The number of methoxy groups -OCH3 is 7. The third kappa shape index (κ3) is 6.61. The molecule has 0 aromatic heterocycles. The van der Waals surface area contributed by atoms with Gasteiger partial charge in [0.1, 0.15) is 0 Å². The minimum Gasteiger partial charge on any atom is -0.493 e. The zero-order valence-corrected chi connectivity index (χ0v) is 26.1. The maximum atomic E-state index is 14.1. The molecule has 0 atom stereocenters. The lowest BCUT2D eigenvalue weighted by atomic mass is 10.00. The molecular weight excluding hydrogens is 568 g/mol. The van der Waals surface area contributed by atoms with Crippen molar-refractivity contribution in [1.29, 1.82) is 0 Å². The van der Waals surface area contributed by atoms with Crippen LogP contribution >= 0.6 is 0 Å². The Bertz CT molecular complexity index is 1500. The van der Waals surface area contributed by atoms with E-state index >= 15 is 0 Å². The maximum Gasteiger partial charge on any atom is 0.254 e. The van der Waals surface area contributed by atoms with Gasteiger partial charge in [0.2, 0.25) is 5.75 Å². The van der Waals surface area contributed by atoms with Crippen molar-refractivity contribution >= 4 is 23.5 Å². The van der Waals surface area contributed by atoms with Crippen LogP contribution in [0.1, 0.15) is 21.5 Å². The van der Waals surface area contributed by atoms with Gasteiger partial charge in [0.15, 0.2) is 34.5 Å². The van der Waals surface area contributed by atoms with E-state index in [2.05, 4.69) is 0 Å². The molecule has 1 aliphatic heterocycles. The fourth-order valence-electron chi connectivity index (χ4n) is 5.05. The number of hydrogen-bond acceptors (Lipinski definition) is 9. The van der Waals surface area contributed by atoms with Crippen LogP contribution in [0.25, 0.3) is 11.6 Å². The van der Waals surface area contributed by atoms with Crippen molar-refractivity contribution in [3.05, 3.63) is 65.2 Å². The lowest BCUT2D eigenvalue weighted by Gasteiger charge is -2.35. The SMILES string of the molecule is COc1ccc(/C=C(\C(=O)N2CCN(C(=O)c3cc(OC)c(OC)c(OC)c3)CC2)c2ccc(OC)c(OC)c2)cc1OC. The Morgan fingerprint density at radius 1 is 0.545 bits per heavy atom. The first-order valence-corrected chi connectivity index (χ1v) is 13.9. The molecule has 0 spiro atoms. The van der Waals surface area contributed by atoms with E-state index in [1.807, 2.05) is 12.1 Å². The van der Waals surface area contributed by atoms with Crippen molar-refractivity contribution in [1.82, 2.24) is 9.80 Å². The van der Waals surface area contributed by atoms with E-state index in [1.165, 1.54) is 21.3 Å². The Balaban J connectivity index is 1.61. The number of nitrogens with zero attached hydrogens (tertiary/aromatic N) is 2. The summed E-state index contributed by atoms with van der Waals surface area (Å²) in [6.07, 6.45) is 1.80. The van der Waals surface area contributed by atoms with E-state index in [-0.39, 0.29) is 11.8 Å². The summed E-state index contributed by atoms with van der Waals surface area (Å²) in [7, 11) is 10.7. The second kappa shape index (κ2) is 14.4. The van der Waals surface area contributed by atoms with Crippen LogP contribution in [0.2, 0.25) is 0 Å². The van der Waals surface area contributed by atoms with Gasteiger partial charge in [-0.1, -0.05) is 12.1 Å². The lowest BCUT2D eigenvalue weighted by molar-refractivity contribution is -0.126. The first-order chi connectivity index (χ1) is 21.3. The second-order valence-corrected chi connectivity index (χ2v) is 9.74. The molecule has 2 amide bonds. The normalized spacial score (nSPS) is 13.2. The van der Waals surface area contributed by atoms with Crippen LogP contribution in [0.5, 0.6) is 40.2 Å². The summed E-state index contributed by atoms with van der Waals surface area (Å²) in [5.74, 6) is 2.98. The molecule has 11 nitrogen and oxygen atoms in total. The molecule has 1 saturated heterocycles. The summed E-state index contributed by atoms with van der Waals surface area (Å²) in [5, 5.41) is 0. The monoisotopic (exact) mass is 606 g/mol. The number of carbonyl (C=O) groups excluding carboxylic acids is 2. The average Bonchev–Trinajstić information content (AvgIpc) is 3.08. The first kappa shape index (κ1) is 31.9. The predicted molar refractivity (Wildman–Crippen MR) is 166 cm³/mol. The minimum absolute atomic E-state index is 0.188. The van der Waals surface area contributed by atoms with E-state index < -0.39 is 0 Å². The van der Waals surface area contributed by atoms with Gasteiger partial charge in [-0.2, -0.15) is 0 Å². The highest BCUT2D eigenvalue weighted by Crippen LogP contribution is 2.39. The molecule has 1 heterocycles. The largest absolute Gasteiger partial charge is 0.493 e. The Kier molecular flexibility index (Phi) is 10.4. The van der Waals surface area contributed by atoms with Gasteiger partial charge in [-0.25, -0.2) is 0 Å². The predicted octanol–water partition coefficient (Wildman–Crippen LogP) is 4.27. The van der Waals surface area contributed by atoms with Crippen molar-refractivity contribution in [3.63, 3.8) is 0 Å². The summed E-state index contributed by atoms with van der Waals surface area (Å²) in [4.78, 5) is 31.0. The number of rotatable bonds is 11. The molecule has 234 valence electrons. The lowest BCUT2D eigenvalue weighted by Crippen LogP contribution is -2.50. The van der Waals surface area contributed by atoms with Crippen LogP contribution in [0, 0.1) is 0 Å². The van der Waals surface area contributed by atoms with Crippen molar-refractivity contribution < 1.29 is 42.7 Å². The Hall–Kier alpha value is -5.06. The van der Waals surface area contributed by atoms with Crippen molar-refractivity contribution in [2.75, 3.05) is 75.9 Å². The van der Waals surface area contributed by atoms with Gasteiger partial charge in [-0.05, 0) is 53.6 Å². The Labute approximate surface area is 257 Å². The molecular formula is C33H38N2O9. The minimum atomic E-state index is -0.197. The number of ether oxygens (including phenoxy) is 7. The molecule has 0 saturated carbocycles. The molecule has 0 N–H and O–H groups in total. The van der Waals surface area contributed by atoms with Gasteiger partial charge < -0.3 is 43.0 Å². The molecule has 1 aliphatic rings. The molecule has 44 heavy (non-hydrogen) atoms. The quantitative estimate of drug-likeness (QED) is 0.234. The van der Waals surface area contributed by atoms with Crippen LogP contribution in [0.4, 0.5) is 0 Å². The number of hydrogen-bond donors (Lipinski definition) is 0. The molecule has 0 radical (unpaired) electrons. The molecule has 0 bridgehead atoms. The first-order valence-electron chi connectivity index (χ1n) is 13.9. The number of amides is 2. The second-order valence-electron chi connectivity index (χ2n) is 9.74. The van der Waals surface area contributed by atoms with Gasteiger partial charge in [-0.15, -0.1) is 0 Å². The van der Waals surface area contributed by atoms with Gasteiger partial charge >= 0.3 is 0 Å². The molecule has 4 rings (SSSR count). The summed E-state index contributed by atoms with van der Waals surface area (Å²) >= 11 is 0. The summed E-state index contributed by atoms with van der Waals surface area (Å²) in [6, 6.07) is 14.0. The summed E-state index contributed by atoms with van der Waals surface area (Å²) in [5.41, 5.74) is 2.25. The number of carbonyl (C=O) groups is 2. The topological polar surface area (TPSA) is 105 Å². The fraction of sp³-hybridized carbons (Fsp3) is 0.333. The van der Waals surface area contributed by atoms with E-state index in [9.17, 15) is 9.59 Å². The van der Waals surface area contributed by atoms with Crippen LogP contribution < -0.4 is 33.2 Å². The molecule has 0 unspecified atom stereocenters. The van der Waals surface area contributed by atoms with Crippen molar-refractivity contribution in [3.8, 4) is 40.2 Å². The highest BCUT2D eigenvalue weighted by Gasteiger charge is 2.29. The zero-order valence-electron chi connectivity index (χ0n) is 26.1. The third-order valence-corrected chi connectivity index (χ3v) is 7.41. The van der Waals surface area contributed by atoms with Crippen molar-refractivity contribution in [2.24, 2.45) is 0 Å². The smallest absolute Gasteiger partial charge is 0.254 e. The third-order valence-electron chi connectivity index (χ3n) is 7.41. The Morgan fingerprint density at radius 2 is 1.02 bits per heavy atom. The Morgan fingerprint density at radius 3 is 1.55 bits per heavy atom. The average molecular weight is 607 g/mol. The number of piperazine rings is 1.